The van der Waals surface area contributed by atoms with Crippen LogP contribution in [-0.4, -0.2) is 0 Å². The maximum Gasteiger partial charge on any atom is 0.0992 e. The van der Waals surface area contributed by atoms with E-state index in [-0.39, 0.29) is 0 Å². The third-order valence-corrected chi connectivity index (χ3v) is 5.44. The van der Waals surface area contributed by atoms with Crippen molar-refractivity contribution in [2.75, 3.05) is 4.90 Å². The fourth-order valence-corrected chi connectivity index (χ4v) is 3.98. The molecule has 0 atom stereocenters. The second kappa shape index (κ2) is 8.18. The van der Waals surface area contributed by atoms with Gasteiger partial charge in [-0.25, -0.2) is 0 Å². The summed E-state index contributed by atoms with van der Waals surface area (Å²) in [6.07, 6.45) is 0. The van der Waals surface area contributed by atoms with E-state index in [9.17, 15) is 5.26 Å². The van der Waals surface area contributed by atoms with Crippen molar-refractivity contribution in [1.29, 1.82) is 5.26 Å². The Hall–Kier alpha value is -4.35. The predicted octanol–water partition coefficient (Wildman–Crippen LogP) is 7.85. The van der Waals surface area contributed by atoms with Gasteiger partial charge in [0, 0.05) is 16.9 Å². The monoisotopic (exact) mass is 396 g/mol. The normalized spacial score (nSPS) is 10.5. The van der Waals surface area contributed by atoms with Crippen LogP contribution in [0, 0.1) is 11.3 Å². The van der Waals surface area contributed by atoms with E-state index in [4.69, 9.17) is 0 Å². The molecule has 5 rings (SSSR count). The van der Waals surface area contributed by atoms with Gasteiger partial charge in [-0.15, -0.1) is 0 Å². The molecule has 0 N–H and O–H groups in total. The fourth-order valence-electron chi connectivity index (χ4n) is 3.98. The van der Waals surface area contributed by atoms with Gasteiger partial charge in [0.15, 0.2) is 0 Å². The summed E-state index contributed by atoms with van der Waals surface area (Å²) >= 11 is 0. The lowest BCUT2D eigenvalue weighted by Crippen LogP contribution is -2.11. The van der Waals surface area contributed by atoms with Crippen LogP contribution in [0.1, 0.15) is 5.56 Å². The molecule has 0 aliphatic carbocycles. The van der Waals surface area contributed by atoms with Gasteiger partial charge in [0.1, 0.15) is 0 Å². The summed E-state index contributed by atoms with van der Waals surface area (Å²) < 4.78 is 0. The molecular formula is C29H20N2. The van der Waals surface area contributed by atoms with Crippen molar-refractivity contribution in [3.05, 3.63) is 127 Å². The lowest BCUT2D eigenvalue weighted by Gasteiger charge is -2.28. The molecule has 0 spiro atoms. The molecule has 5 aromatic rings. The zero-order valence-electron chi connectivity index (χ0n) is 16.9. The van der Waals surface area contributed by atoms with Crippen molar-refractivity contribution in [1.82, 2.24) is 0 Å². The Bertz CT molecular complexity index is 1380. The first kappa shape index (κ1) is 18.7. The highest BCUT2D eigenvalue weighted by atomic mass is 15.1. The lowest BCUT2D eigenvalue weighted by molar-refractivity contribution is 1.28. The molecule has 0 saturated carbocycles. The Balaban J connectivity index is 1.83. The van der Waals surface area contributed by atoms with Crippen molar-refractivity contribution >= 4 is 27.8 Å². The van der Waals surface area contributed by atoms with Crippen molar-refractivity contribution in [3.63, 3.8) is 0 Å². The molecule has 2 heteroatoms. The molecule has 146 valence electrons. The Morgan fingerprint density at radius 3 is 1.87 bits per heavy atom. The van der Waals surface area contributed by atoms with Crippen LogP contribution in [0.3, 0.4) is 0 Å². The first-order valence-corrected chi connectivity index (χ1v) is 10.3. The Kier molecular flexibility index (Phi) is 4.92. The first-order chi connectivity index (χ1) is 15.3. The van der Waals surface area contributed by atoms with Gasteiger partial charge in [-0.1, -0.05) is 78.9 Å². The molecule has 0 heterocycles. The molecule has 0 fully saturated rings. The van der Waals surface area contributed by atoms with Gasteiger partial charge in [0.05, 0.1) is 17.3 Å². The maximum absolute atomic E-state index is 9.49. The van der Waals surface area contributed by atoms with Crippen LogP contribution in [0.2, 0.25) is 0 Å². The van der Waals surface area contributed by atoms with E-state index in [0.29, 0.717) is 5.56 Å². The van der Waals surface area contributed by atoms with Gasteiger partial charge in [-0.2, -0.15) is 5.26 Å². The molecule has 0 unspecified atom stereocenters. The van der Waals surface area contributed by atoms with Gasteiger partial charge in [-0.3, -0.25) is 0 Å². The molecule has 0 aromatic heterocycles. The summed E-state index contributed by atoms with van der Waals surface area (Å²) in [7, 11) is 0. The van der Waals surface area contributed by atoms with E-state index in [2.05, 4.69) is 89.8 Å². The average Bonchev–Trinajstić information content (AvgIpc) is 2.85. The highest BCUT2D eigenvalue weighted by molar-refractivity contribution is 5.98. The molecule has 0 amide bonds. The van der Waals surface area contributed by atoms with E-state index in [1.807, 2.05) is 42.5 Å². The van der Waals surface area contributed by atoms with Crippen molar-refractivity contribution < 1.29 is 0 Å². The van der Waals surface area contributed by atoms with Crippen LogP contribution in [0.4, 0.5) is 17.1 Å². The molecule has 0 bridgehead atoms. The van der Waals surface area contributed by atoms with Gasteiger partial charge in [-0.05, 0) is 58.8 Å². The quantitative estimate of drug-likeness (QED) is 0.309. The average molecular weight is 396 g/mol. The van der Waals surface area contributed by atoms with Crippen LogP contribution in [0.5, 0.6) is 0 Å². The molecule has 0 saturated heterocycles. The van der Waals surface area contributed by atoms with Gasteiger partial charge in [0.25, 0.3) is 0 Å². The topological polar surface area (TPSA) is 27.0 Å². The largest absolute Gasteiger partial charge is 0.310 e. The number of rotatable bonds is 4. The number of hydrogen-bond acceptors (Lipinski definition) is 2. The van der Waals surface area contributed by atoms with Crippen molar-refractivity contribution in [3.8, 4) is 17.2 Å². The first-order valence-electron chi connectivity index (χ1n) is 10.3. The smallest absolute Gasteiger partial charge is 0.0992 e. The molecular weight excluding hydrogens is 376 g/mol. The minimum atomic E-state index is 0.639. The summed E-state index contributed by atoms with van der Waals surface area (Å²) in [4.78, 5) is 2.23. The number of nitrogens with zero attached hydrogens (tertiary/aromatic N) is 2. The second-order valence-corrected chi connectivity index (χ2v) is 7.42. The molecule has 0 aliphatic heterocycles. The lowest BCUT2D eigenvalue weighted by atomic mass is 9.97. The van der Waals surface area contributed by atoms with E-state index in [1.54, 1.807) is 0 Å². The van der Waals surface area contributed by atoms with E-state index in [1.165, 1.54) is 10.8 Å². The molecule has 2 nitrogen and oxygen atoms in total. The maximum atomic E-state index is 9.49. The number of para-hydroxylation sites is 1. The molecule has 5 aromatic carbocycles. The molecule has 31 heavy (non-hydrogen) atoms. The Morgan fingerprint density at radius 2 is 1.16 bits per heavy atom. The predicted molar refractivity (Wildman–Crippen MR) is 129 cm³/mol. The number of hydrogen-bond donors (Lipinski definition) is 0. The third-order valence-electron chi connectivity index (χ3n) is 5.44. The third kappa shape index (κ3) is 3.66. The Morgan fingerprint density at radius 1 is 0.548 bits per heavy atom. The Labute approximate surface area is 182 Å². The van der Waals surface area contributed by atoms with Crippen LogP contribution in [0.15, 0.2) is 121 Å². The molecule has 0 radical (unpaired) electrons. The van der Waals surface area contributed by atoms with Crippen LogP contribution >= 0.6 is 0 Å². The number of fused-ring (bicyclic) bond motifs is 1. The van der Waals surface area contributed by atoms with Gasteiger partial charge >= 0.3 is 0 Å². The van der Waals surface area contributed by atoms with E-state index >= 15 is 0 Å². The number of benzene rings is 5. The highest BCUT2D eigenvalue weighted by Gasteiger charge is 2.18. The minimum absolute atomic E-state index is 0.639. The van der Waals surface area contributed by atoms with Gasteiger partial charge < -0.3 is 4.90 Å². The van der Waals surface area contributed by atoms with E-state index < -0.39 is 0 Å². The molecule has 0 aliphatic rings. The van der Waals surface area contributed by atoms with Crippen LogP contribution in [-0.2, 0) is 0 Å². The van der Waals surface area contributed by atoms with Crippen LogP contribution in [0.25, 0.3) is 21.9 Å². The zero-order valence-corrected chi connectivity index (χ0v) is 16.9. The fraction of sp³-hybridized carbons (Fsp3) is 0. The zero-order chi connectivity index (χ0) is 21.0. The summed E-state index contributed by atoms with van der Waals surface area (Å²) in [5.41, 5.74) is 6.01. The van der Waals surface area contributed by atoms with Crippen LogP contribution < -0.4 is 4.90 Å². The van der Waals surface area contributed by atoms with Crippen molar-refractivity contribution in [2.24, 2.45) is 0 Å². The standard InChI is InChI=1S/C29H20N2/c30-21-22-10-9-17-27(18-22)31(26-15-5-2-6-16-26)29-20-25-14-8-7-13-24(25)19-28(29)23-11-3-1-4-12-23/h1-20H. The highest BCUT2D eigenvalue weighted by Crippen LogP contribution is 2.42. The summed E-state index contributed by atoms with van der Waals surface area (Å²) in [6, 6.07) is 43.7. The SMILES string of the molecule is N#Cc1cccc(N(c2ccccc2)c2cc3ccccc3cc2-c2ccccc2)c1. The summed E-state index contributed by atoms with van der Waals surface area (Å²) in [5.74, 6) is 0. The van der Waals surface area contributed by atoms with Crippen molar-refractivity contribution in [2.45, 2.75) is 0 Å². The van der Waals surface area contributed by atoms with E-state index in [0.717, 1.165) is 28.2 Å². The second-order valence-electron chi connectivity index (χ2n) is 7.42. The summed E-state index contributed by atoms with van der Waals surface area (Å²) in [5, 5.41) is 11.9. The minimum Gasteiger partial charge on any atom is -0.310 e. The number of anilines is 3. The number of nitriles is 1. The summed E-state index contributed by atoms with van der Waals surface area (Å²) in [6.45, 7) is 0. The van der Waals surface area contributed by atoms with Gasteiger partial charge in [0.2, 0.25) is 0 Å².